The molecule has 106 valence electrons. The van der Waals surface area contributed by atoms with Crippen molar-refractivity contribution in [3.63, 3.8) is 0 Å². The normalized spacial score (nSPS) is 25.4. The van der Waals surface area contributed by atoms with Crippen LogP contribution in [0.1, 0.15) is 17.5 Å². The smallest absolute Gasteiger partial charge is 0.237 e. The molecule has 0 aromatic heterocycles. The van der Waals surface area contributed by atoms with E-state index in [9.17, 15) is 9.59 Å². The summed E-state index contributed by atoms with van der Waals surface area (Å²) in [6.45, 7) is 1.33. The number of amides is 2. The Bertz CT molecular complexity index is 544. The maximum atomic E-state index is 12.3. The van der Waals surface area contributed by atoms with Gasteiger partial charge in [0.1, 0.15) is 0 Å². The third kappa shape index (κ3) is 2.54. The molecule has 0 aliphatic carbocycles. The Kier molecular flexibility index (Phi) is 3.44. The van der Waals surface area contributed by atoms with Crippen molar-refractivity contribution >= 4 is 11.8 Å². The standard InChI is InChI=1S/C15H19N3O2/c1-18-9-12(7-14(18)19)17-15(20)13-6-10-4-2-3-5-11(10)8-16-13/h2-5,12-13,16H,6-9H2,1H3,(H,17,20). The van der Waals surface area contributed by atoms with Gasteiger partial charge in [-0.2, -0.15) is 0 Å². The Morgan fingerprint density at radius 1 is 1.30 bits per heavy atom. The molecule has 2 aliphatic heterocycles. The minimum absolute atomic E-state index is 0.00685. The van der Waals surface area contributed by atoms with Crippen molar-refractivity contribution in [2.45, 2.75) is 31.5 Å². The molecule has 1 aromatic rings. The molecule has 5 heteroatoms. The second kappa shape index (κ2) is 5.25. The Balaban J connectivity index is 1.61. The summed E-state index contributed by atoms with van der Waals surface area (Å²) in [5, 5.41) is 6.24. The zero-order valence-corrected chi connectivity index (χ0v) is 11.6. The average Bonchev–Trinajstić information content (AvgIpc) is 2.76. The van der Waals surface area contributed by atoms with E-state index < -0.39 is 0 Å². The van der Waals surface area contributed by atoms with E-state index in [2.05, 4.69) is 22.8 Å². The van der Waals surface area contributed by atoms with Crippen LogP contribution in [0.25, 0.3) is 0 Å². The van der Waals surface area contributed by atoms with Crippen molar-refractivity contribution in [1.82, 2.24) is 15.5 Å². The minimum Gasteiger partial charge on any atom is -0.350 e. The Hall–Kier alpha value is -1.88. The van der Waals surface area contributed by atoms with E-state index in [-0.39, 0.29) is 23.9 Å². The van der Waals surface area contributed by atoms with E-state index in [0.29, 0.717) is 19.4 Å². The van der Waals surface area contributed by atoms with Crippen molar-refractivity contribution in [3.05, 3.63) is 35.4 Å². The molecule has 20 heavy (non-hydrogen) atoms. The fourth-order valence-corrected chi connectivity index (χ4v) is 2.90. The summed E-state index contributed by atoms with van der Waals surface area (Å²) < 4.78 is 0. The van der Waals surface area contributed by atoms with E-state index in [1.54, 1.807) is 11.9 Å². The number of likely N-dealkylation sites (tertiary alicyclic amines) is 1. The molecule has 2 N–H and O–H groups in total. The molecule has 2 atom stereocenters. The lowest BCUT2D eigenvalue weighted by atomic mass is 9.95. The van der Waals surface area contributed by atoms with E-state index in [0.717, 1.165) is 6.54 Å². The van der Waals surface area contributed by atoms with Crippen molar-refractivity contribution in [2.75, 3.05) is 13.6 Å². The second-order valence-electron chi connectivity index (χ2n) is 5.59. The first-order chi connectivity index (χ1) is 9.63. The highest BCUT2D eigenvalue weighted by atomic mass is 16.2. The topological polar surface area (TPSA) is 61.4 Å². The molecular weight excluding hydrogens is 254 g/mol. The number of carbonyl (C=O) groups excluding carboxylic acids is 2. The van der Waals surface area contributed by atoms with Crippen LogP contribution in [0.4, 0.5) is 0 Å². The number of nitrogens with one attached hydrogen (secondary N) is 2. The highest BCUT2D eigenvalue weighted by Gasteiger charge is 2.31. The monoisotopic (exact) mass is 273 g/mol. The lowest BCUT2D eigenvalue weighted by Gasteiger charge is -2.26. The van der Waals surface area contributed by atoms with Gasteiger partial charge in [-0.15, -0.1) is 0 Å². The molecule has 5 nitrogen and oxygen atoms in total. The highest BCUT2D eigenvalue weighted by Crippen LogP contribution is 2.17. The van der Waals surface area contributed by atoms with Gasteiger partial charge in [-0.3, -0.25) is 9.59 Å². The van der Waals surface area contributed by atoms with Crippen molar-refractivity contribution in [1.29, 1.82) is 0 Å². The first kappa shape index (κ1) is 13.1. The number of fused-ring (bicyclic) bond motifs is 1. The van der Waals surface area contributed by atoms with Crippen LogP contribution in [0.5, 0.6) is 0 Å². The largest absolute Gasteiger partial charge is 0.350 e. The third-order valence-corrected chi connectivity index (χ3v) is 4.09. The summed E-state index contributed by atoms with van der Waals surface area (Å²) in [5.74, 6) is 0.0878. The minimum atomic E-state index is -0.203. The van der Waals surface area contributed by atoms with Crippen LogP contribution in [0.15, 0.2) is 24.3 Å². The number of benzene rings is 1. The van der Waals surface area contributed by atoms with E-state index >= 15 is 0 Å². The molecule has 2 heterocycles. The summed E-state index contributed by atoms with van der Waals surface area (Å²) in [7, 11) is 1.77. The zero-order valence-electron chi connectivity index (χ0n) is 11.6. The van der Waals surface area contributed by atoms with Gasteiger partial charge in [-0.1, -0.05) is 24.3 Å². The summed E-state index contributed by atoms with van der Waals surface area (Å²) >= 11 is 0. The quantitative estimate of drug-likeness (QED) is 0.800. The number of nitrogens with zero attached hydrogens (tertiary/aromatic N) is 1. The maximum absolute atomic E-state index is 12.3. The van der Waals surface area contributed by atoms with E-state index in [4.69, 9.17) is 0 Å². The molecule has 1 saturated heterocycles. The molecule has 2 unspecified atom stereocenters. The van der Waals surface area contributed by atoms with E-state index in [1.807, 2.05) is 12.1 Å². The van der Waals surface area contributed by atoms with Crippen LogP contribution in [0, 0.1) is 0 Å². The number of likely N-dealkylation sites (N-methyl/N-ethyl adjacent to an activating group) is 1. The summed E-state index contributed by atoms with van der Waals surface area (Å²) in [4.78, 5) is 25.4. The fraction of sp³-hybridized carbons (Fsp3) is 0.467. The lowest BCUT2D eigenvalue weighted by molar-refractivity contribution is -0.126. The molecule has 0 saturated carbocycles. The number of rotatable bonds is 2. The van der Waals surface area contributed by atoms with Crippen molar-refractivity contribution in [3.8, 4) is 0 Å². The van der Waals surface area contributed by atoms with Crippen molar-refractivity contribution in [2.24, 2.45) is 0 Å². The number of hydrogen-bond donors (Lipinski definition) is 2. The molecule has 0 bridgehead atoms. The Morgan fingerprint density at radius 2 is 2.05 bits per heavy atom. The first-order valence-corrected chi connectivity index (χ1v) is 6.98. The fourth-order valence-electron chi connectivity index (χ4n) is 2.90. The molecule has 0 radical (unpaired) electrons. The summed E-state index contributed by atoms with van der Waals surface area (Å²) in [6.07, 6.45) is 1.12. The Labute approximate surface area is 118 Å². The van der Waals surface area contributed by atoms with Crippen LogP contribution < -0.4 is 10.6 Å². The zero-order chi connectivity index (χ0) is 14.1. The predicted octanol–water partition coefficient (Wildman–Crippen LogP) is 0.0478. The molecule has 1 fully saturated rings. The van der Waals surface area contributed by atoms with Crippen LogP contribution in [0.2, 0.25) is 0 Å². The molecule has 3 rings (SSSR count). The van der Waals surface area contributed by atoms with Crippen LogP contribution in [0.3, 0.4) is 0 Å². The van der Waals surface area contributed by atoms with Gasteiger partial charge < -0.3 is 15.5 Å². The van der Waals surface area contributed by atoms with Gasteiger partial charge in [-0.05, 0) is 17.5 Å². The molecular formula is C15H19N3O2. The predicted molar refractivity (Wildman–Crippen MR) is 75.0 cm³/mol. The number of hydrogen-bond acceptors (Lipinski definition) is 3. The van der Waals surface area contributed by atoms with Gasteiger partial charge in [0.2, 0.25) is 11.8 Å². The second-order valence-corrected chi connectivity index (χ2v) is 5.59. The van der Waals surface area contributed by atoms with Gasteiger partial charge in [0.05, 0.1) is 12.1 Å². The van der Waals surface area contributed by atoms with Gasteiger partial charge in [0.25, 0.3) is 0 Å². The maximum Gasteiger partial charge on any atom is 0.237 e. The van der Waals surface area contributed by atoms with Gasteiger partial charge in [0.15, 0.2) is 0 Å². The summed E-state index contributed by atoms with van der Waals surface area (Å²) in [6, 6.07) is 7.92. The van der Waals surface area contributed by atoms with Crippen molar-refractivity contribution < 1.29 is 9.59 Å². The average molecular weight is 273 g/mol. The molecule has 0 spiro atoms. The van der Waals surface area contributed by atoms with Gasteiger partial charge in [-0.25, -0.2) is 0 Å². The summed E-state index contributed by atoms with van der Waals surface area (Å²) in [5.41, 5.74) is 2.48. The van der Waals surface area contributed by atoms with Crippen LogP contribution in [-0.4, -0.2) is 42.4 Å². The number of carbonyl (C=O) groups is 2. The van der Waals surface area contributed by atoms with Crippen LogP contribution >= 0.6 is 0 Å². The molecule has 1 aromatic carbocycles. The highest BCUT2D eigenvalue weighted by molar-refractivity contribution is 5.85. The van der Waals surface area contributed by atoms with Crippen LogP contribution in [-0.2, 0) is 22.6 Å². The Morgan fingerprint density at radius 3 is 2.75 bits per heavy atom. The SMILES string of the molecule is CN1CC(NC(=O)C2Cc3ccccc3CN2)CC1=O. The third-order valence-electron chi connectivity index (χ3n) is 4.09. The lowest BCUT2D eigenvalue weighted by Crippen LogP contribution is -2.50. The molecule has 2 aliphatic rings. The van der Waals surface area contributed by atoms with Gasteiger partial charge >= 0.3 is 0 Å². The van der Waals surface area contributed by atoms with E-state index in [1.165, 1.54) is 11.1 Å². The first-order valence-electron chi connectivity index (χ1n) is 6.98. The molecule has 2 amide bonds. The van der Waals surface area contributed by atoms with Gasteiger partial charge in [0, 0.05) is 26.6 Å².